The Morgan fingerprint density at radius 1 is 1.29 bits per heavy atom. The summed E-state index contributed by atoms with van der Waals surface area (Å²) < 4.78 is 29.8. The van der Waals surface area contributed by atoms with E-state index in [1.165, 1.54) is 18.2 Å². The van der Waals surface area contributed by atoms with Gasteiger partial charge < -0.3 is 19.3 Å². The molecule has 0 spiro atoms. The molecule has 0 amide bonds. The zero-order chi connectivity index (χ0) is 17.0. The third-order valence-electron chi connectivity index (χ3n) is 4.50. The minimum absolute atomic E-state index is 0.000406. The molecule has 1 aromatic carbocycles. The van der Waals surface area contributed by atoms with E-state index in [4.69, 9.17) is 25.8 Å². The first-order valence-electron chi connectivity index (χ1n) is 8.25. The smallest absolute Gasteiger partial charge is 0.142 e. The molecule has 1 N–H and O–H groups in total. The summed E-state index contributed by atoms with van der Waals surface area (Å²) in [6, 6.07) is 4.55. The van der Waals surface area contributed by atoms with Gasteiger partial charge in [-0.25, -0.2) is 4.39 Å². The summed E-state index contributed by atoms with van der Waals surface area (Å²) >= 11 is 5.76. The summed E-state index contributed by atoms with van der Waals surface area (Å²) in [5.41, 5.74) is -1.12. The molecule has 2 saturated heterocycles. The van der Waals surface area contributed by atoms with Crippen molar-refractivity contribution in [3.63, 3.8) is 0 Å². The van der Waals surface area contributed by atoms with E-state index in [0.29, 0.717) is 24.9 Å². The van der Waals surface area contributed by atoms with Crippen molar-refractivity contribution in [1.82, 2.24) is 4.90 Å². The molecule has 0 radical (unpaired) electrons. The van der Waals surface area contributed by atoms with E-state index < -0.39 is 11.4 Å². The Morgan fingerprint density at radius 2 is 2.08 bits per heavy atom. The van der Waals surface area contributed by atoms with Gasteiger partial charge in [-0.05, 0) is 25.0 Å². The zero-order valence-electron chi connectivity index (χ0n) is 13.5. The van der Waals surface area contributed by atoms with Crippen molar-refractivity contribution in [2.45, 2.75) is 24.5 Å². The van der Waals surface area contributed by atoms with Crippen molar-refractivity contribution in [3.05, 3.63) is 29.0 Å². The molecule has 1 atom stereocenters. The summed E-state index contributed by atoms with van der Waals surface area (Å²) in [5.74, 6) is -0.0668. The quantitative estimate of drug-likeness (QED) is 0.892. The highest BCUT2D eigenvalue weighted by atomic mass is 35.5. The molecule has 0 saturated carbocycles. The van der Waals surface area contributed by atoms with Crippen LogP contribution in [0.2, 0.25) is 5.02 Å². The van der Waals surface area contributed by atoms with Crippen LogP contribution in [-0.4, -0.2) is 67.8 Å². The van der Waals surface area contributed by atoms with Gasteiger partial charge in [-0.3, -0.25) is 4.90 Å². The second-order valence-electron chi connectivity index (χ2n) is 6.46. The largest absolute Gasteiger partial charge is 0.490 e. The van der Waals surface area contributed by atoms with Crippen LogP contribution >= 0.6 is 11.6 Å². The molecule has 0 bridgehead atoms. The van der Waals surface area contributed by atoms with Gasteiger partial charge >= 0.3 is 0 Å². The van der Waals surface area contributed by atoms with Crippen molar-refractivity contribution in [3.8, 4) is 5.75 Å². The average molecular weight is 360 g/mol. The number of aliphatic hydroxyl groups is 1. The standard InChI is InChI=1S/C17H23ClFNO4/c18-15-9-14(1-2-16(15)19)24-12-17(21)10-20(5-8-23-11-17)13-3-6-22-7-4-13/h1-2,9,13,21H,3-8,10-12H2/t17-/m1/s1. The van der Waals surface area contributed by atoms with Crippen LogP contribution in [0.15, 0.2) is 18.2 Å². The summed E-state index contributed by atoms with van der Waals surface area (Å²) in [6.45, 7) is 3.64. The molecule has 1 aromatic rings. The maximum absolute atomic E-state index is 13.2. The monoisotopic (exact) mass is 359 g/mol. The molecular weight excluding hydrogens is 337 g/mol. The summed E-state index contributed by atoms with van der Waals surface area (Å²) in [6.07, 6.45) is 1.93. The average Bonchev–Trinajstić information content (AvgIpc) is 2.79. The lowest BCUT2D eigenvalue weighted by molar-refractivity contribution is -0.0714. The fourth-order valence-corrected chi connectivity index (χ4v) is 3.35. The van der Waals surface area contributed by atoms with Gasteiger partial charge in [0.15, 0.2) is 0 Å². The Morgan fingerprint density at radius 3 is 2.83 bits per heavy atom. The van der Waals surface area contributed by atoms with E-state index in [-0.39, 0.29) is 18.2 Å². The molecule has 134 valence electrons. The number of halogens is 2. The van der Waals surface area contributed by atoms with Gasteiger partial charge in [0.1, 0.15) is 23.8 Å². The van der Waals surface area contributed by atoms with Crippen molar-refractivity contribution < 1.29 is 23.7 Å². The van der Waals surface area contributed by atoms with E-state index in [1.807, 2.05) is 0 Å². The fraction of sp³-hybridized carbons (Fsp3) is 0.647. The van der Waals surface area contributed by atoms with E-state index in [2.05, 4.69) is 4.90 Å². The van der Waals surface area contributed by atoms with Gasteiger partial charge in [0.05, 0.1) is 18.2 Å². The van der Waals surface area contributed by atoms with Crippen LogP contribution in [0.3, 0.4) is 0 Å². The highest BCUT2D eigenvalue weighted by Crippen LogP contribution is 2.24. The zero-order valence-corrected chi connectivity index (χ0v) is 14.3. The maximum atomic E-state index is 13.2. The Hall–Kier alpha value is -0.920. The molecule has 2 aliphatic rings. The number of ether oxygens (including phenoxy) is 3. The van der Waals surface area contributed by atoms with Gasteiger partial charge in [0.25, 0.3) is 0 Å². The molecular formula is C17H23ClFNO4. The highest BCUT2D eigenvalue weighted by Gasteiger charge is 2.36. The predicted molar refractivity (Wildman–Crippen MR) is 88.1 cm³/mol. The SMILES string of the molecule is O[C@@]1(COc2ccc(F)c(Cl)c2)COCCN(C2CCOCC2)C1. The lowest BCUT2D eigenvalue weighted by atomic mass is 10.0. The lowest BCUT2D eigenvalue weighted by Crippen LogP contribution is -2.52. The molecule has 0 aliphatic carbocycles. The predicted octanol–water partition coefficient (Wildman–Crippen LogP) is 2.10. The van der Waals surface area contributed by atoms with Crippen LogP contribution in [0.1, 0.15) is 12.8 Å². The molecule has 2 heterocycles. The van der Waals surface area contributed by atoms with E-state index in [0.717, 1.165) is 32.6 Å². The van der Waals surface area contributed by atoms with Crippen LogP contribution in [0, 0.1) is 5.82 Å². The molecule has 7 heteroatoms. The second kappa shape index (κ2) is 7.97. The number of β-amino-alcohol motifs (C(OH)–C–C–N with tert-alkyl or cyclic N) is 1. The van der Waals surface area contributed by atoms with Gasteiger partial charge in [0, 0.05) is 38.4 Å². The molecule has 0 aromatic heterocycles. The highest BCUT2D eigenvalue weighted by molar-refractivity contribution is 6.30. The number of rotatable bonds is 4. The molecule has 2 aliphatic heterocycles. The van der Waals surface area contributed by atoms with Crippen LogP contribution in [0.4, 0.5) is 4.39 Å². The van der Waals surface area contributed by atoms with Gasteiger partial charge in [-0.2, -0.15) is 0 Å². The fourth-order valence-electron chi connectivity index (χ4n) is 3.18. The van der Waals surface area contributed by atoms with Crippen LogP contribution in [0.5, 0.6) is 5.75 Å². The van der Waals surface area contributed by atoms with Crippen molar-refractivity contribution in [2.75, 3.05) is 46.1 Å². The number of benzene rings is 1. The molecule has 3 rings (SSSR count). The van der Waals surface area contributed by atoms with E-state index in [9.17, 15) is 9.50 Å². The first-order valence-corrected chi connectivity index (χ1v) is 8.63. The first kappa shape index (κ1) is 17.9. The number of hydrogen-bond donors (Lipinski definition) is 1. The Balaban J connectivity index is 1.62. The normalized spacial score (nSPS) is 27.0. The van der Waals surface area contributed by atoms with Crippen molar-refractivity contribution in [1.29, 1.82) is 0 Å². The second-order valence-corrected chi connectivity index (χ2v) is 6.86. The third kappa shape index (κ3) is 4.58. The maximum Gasteiger partial charge on any atom is 0.142 e. The summed E-state index contributed by atoms with van der Waals surface area (Å²) in [4.78, 5) is 2.26. The first-order chi connectivity index (χ1) is 11.6. The van der Waals surface area contributed by atoms with Crippen molar-refractivity contribution >= 4 is 11.6 Å². The minimum atomic E-state index is -1.12. The van der Waals surface area contributed by atoms with Crippen LogP contribution < -0.4 is 4.74 Å². The van der Waals surface area contributed by atoms with Crippen LogP contribution in [-0.2, 0) is 9.47 Å². The van der Waals surface area contributed by atoms with Crippen LogP contribution in [0.25, 0.3) is 0 Å². The van der Waals surface area contributed by atoms with Gasteiger partial charge in [0.2, 0.25) is 0 Å². The molecule has 5 nitrogen and oxygen atoms in total. The van der Waals surface area contributed by atoms with Gasteiger partial charge in [-0.15, -0.1) is 0 Å². The van der Waals surface area contributed by atoms with E-state index in [1.54, 1.807) is 0 Å². The van der Waals surface area contributed by atoms with Crippen molar-refractivity contribution in [2.24, 2.45) is 0 Å². The number of hydrogen-bond acceptors (Lipinski definition) is 5. The summed E-state index contributed by atoms with van der Waals surface area (Å²) in [7, 11) is 0. The topological polar surface area (TPSA) is 51.2 Å². The third-order valence-corrected chi connectivity index (χ3v) is 4.79. The lowest BCUT2D eigenvalue weighted by Gasteiger charge is -2.37. The summed E-state index contributed by atoms with van der Waals surface area (Å²) in [5, 5.41) is 10.9. The number of nitrogens with zero attached hydrogens (tertiary/aromatic N) is 1. The Kier molecular flexibility index (Phi) is 5.94. The Labute approximate surface area is 146 Å². The Bertz CT molecular complexity index is 555. The van der Waals surface area contributed by atoms with E-state index >= 15 is 0 Å². The minimum Gasteiger partial charge on any atom is -0.490 e. The molecule has 2 fully saturated rings. The molecule has 24 heavy (non-hydrogen) atoms. The molecule has 0 unspecified atom stereocenters. The van der Waals surface area contributed by atoms with Gasteiger partial charge in [-0.1, -0.05) is 11.6 Å².